The number of likely N-dealkylation sites (tertiary alicyclic amines) is 1. The number of nitrogens with one attached hydrogen (secondary N) is 2. The molecule has 0 aliphatic carbocycles. The van der Waals surface area contributed by atoms with Crippen molar-refractivity contribution in [3.05, 3.63) is 30.1 Å². The van der Waals surface area contributed by atoms with Crippen LogP contribution in [0.15, 0.2) is 24.3 Å². The molecular formula is C20H30FN3O2. The number of carbonyl (C=O) groups excluding carboxylic acids is 2. The Hall–Kier alpha value is -2.11. The van der Waals surface area contributed by atoms with Crippen LogP contribution in [0.25, 0.3) is 0 Å². The van der Waals surface area contributed by atoms with Gasteiger partial charge in [-0.15, -0.1) is 0 Å². The third-order valence-corrected chi connectivity index (χ3v) is 4.62. The van der Waals surface area contributed by atoms with Crippen LogP contribution in [0.4, 0.5) is 10.1 Å². The highest BCUT2D eigenvalue weighted by molar-refractivity contribution is 5.90. The lowest BCUT2D eigenvalue weighted by Crippen LogP contribution is -2.60. The minimum absolute atomic E-state index is 0.00860. The Labute approximate surface area is 155 Å². The van der Waals surface area contributed by atoms with E-state index in [4.69, 9.17) is 0 Å². The number of piperidine rings is 1. The predicted molar refractivity (Wildman–Crippen MR) is 101 cm³/mol. The van der Waals surface area contributed by atoms with Gasteiger partial charge in [-0.3, -0.25) is 9.59 Å². The smallest absolute Gasteiger partial charge is 0.246 e. The van der Waals surface area contributed by atoms with Gasteiger partial charge < -0.3 is 15.5 Å². The number of hydrogen-bond donors (Lipinski definition) is 2. The molecule has 0 saturated carbocycles. The summed E-state index contributed by atoms with van der Waals surface area (Å²) in [6.07, 6.45) is 1.50. The number of benzene rings is 1. The zero-order valence-electron chi connectivity index (χ0n) is 16.1. The van der Waals surface area contributed by atoms with Gasteiger partial charge in [0.1, 0.15) is 11.4 Å². The van der Waals surface area contributed by atoms with Crippen molar-refractivity contribution in [3.8, 4) is 0 Å². The molecule has 1 aromatic rings. The highest BCUT2D eigenvalue weighted by Crippen LogP contribution is 2.29. The van der Waals surface area contributed by atoms with Crippen molar-refractivity contribution in [2.45, 2.75) is 58.5 Å². The first kappa shape index (κ1) is 20.2. The molecule has 0 spiro atoms. The fourth-order valence-corrected chi connectivity index (χ4v) is 3.27. The number of rotatable bonds is 6. The second-order valence-electron chi connectivity index (χ2n) is 7.82. The van der Waals surface area contributed by atoms with E-state index in [0.717, 1.165) is 0 Å². The Morgan fingerprint density at radius 3 is 2.38 bits per heavy atom. The van der Waals surface area contributed by atoms with E-state index >= 15 is 0 Å². The molecule has 0 radical (unpaired) electrons. The molecule has 1 heterocycles. The number of hydrogen-bond acceptors (Lipinski definition) is 3. The summed E-state index contributed by atoms with van der Waals surface area (Å²) in [6, 6.07) is 6.14. The fraction of sp³-hybridized carbons (Fsp3) is 0.600. The second-order valence-corrected chi connectivity index (χ2v) is 7.82. The molecular weight excluding hydrogens is 333 g/mol. The Morgan fingerprint density at radius 1 is 1.19 bits per heavy atom. The Bertz CT molecular complexity index is 638. The molecule has 5 nitrogen and oxygen atoms in total. The van der Waals surface area contributed by atoms with Crippen LogP contribution in [0.1, 0.15) is 47.0 Å². The Kier molecular flexibility index (Phi) is 6.62. The topological polar surface area (TPSA) is 61.4 Å². The van der Waals surface area contributed by atoms with Crippen molar-refractivity contribution >= 4 is 17.5 Å². The maximum absolute atomic E-state index is 13.6. The maximum atomic E-state index is 13.6. The van der Waals surface area contributed by atoms with E-state index in [9.17, 15) is 14.0 Å². The maximum Gasteiger partial charge on any atom is 0.246 e. The van der Waals surface area contributed by atoms with E-state index in [1.165, 1.54) is 12.1 Å². The molecule has 1 fully saturated rings. The van der Waals surface area contributed by atoms with Crippen LogP contribution >= 0.6 is 0 Å². The molecule has 1 aromatic carbocycles. The summed E-state index contributed by atoms with van der Waals surface area (Å²) in [4.78, 5) is 27.1. The number of carbonyl (C=O) groups is 2. The highest BCUT2D eigenvalue weighted by Gasteiger charge is 2.42. The first-order valence-electron chi connectivity index (χ1n) is 9.34. The Balaban J connectivity index is 2.16. The molecule has 26 heavy (non-hydrogen) atoms. The first-order chi connectivity index (χ1) is 12.2. The summed E-state index contributed by atoms with van der Waals surface area (Å²) >= 11 is 0. The molecule has 144 valence electrons. The zero-order valence-corrected chi connectivity index (χ0v) is 16.1. The molecule has 0 aromatic heterocycles. The third kappa shape index (κ3) is 5.19. The van der Waals surface area contributed by atoms with Crippen LogP contribution in [-0.4, -0.2) is 41.4 Å². The first-order valence-corrected chi connectivity index (χ1v) is 9.34. The van der Waals surface area contributed by atoms with Gasteiger partial charge in [-0.2, -0.15) is 0 Å². The van der Waals surface area contributed by atoms with Crippen LogP contribution in [0.2, 0.25) is 0 Å². The van der Waals surface area contributed by atoms with E-state index in [1.54, 1.807) is 12.1 Å². The van der Waals surface area contributed by atoms with Gasteiger partial charge in [0, 0.05) is 31.2 Å². The van der Waals surface area contributed by atoms with Gasteiger partial charge >= 0.3 is 0 Å². The third-order valence-electron chi connectivity index (χ3n) is 4.62. The van der Waals surface area contributed by atoms with Crippen LogP contribution in [0.5, 0.6) is 0 Å². The van der Waals surface area contributed by atoms with Gasteiger partial charge in [-0.05, 0) is 50.8 Å². The summed E-state index contributed by atoms with van der Waals surface area (Å²) < 4.78 is 13.6. The van der Waals surface area contributed by atoms with Gasteiger partial charge in [0.25, 0.3) is 0 Å². The van der Waals surface area contributed by atoms with Crippen LogP contribution in [0.3, 0.4) is 0 Å². The molecule has 0 atom stereocenters. The summed E-state index contributed by atoms with van der Waals surface area (Å²) in [6.45, 7) is 8.89. The minimum Gasteiger partial charge on any atom is -0.371 e. The van der Waals surface area contributed by atoms with Gasteiger partial charge in [0.2, 0.25) is 11.8 Å². The van der Waals surface area contributed by atoms with Crippen LogP contribution in [-0.2, 0) is 9.59 Å². The van der Waals surface area contributed by atoms with Crippen molar-refractivity contribution < 1.29 is 14.0 Å². The van der Waals surface area contributed by atoms with Crippen molar-refractivity contribution in [2.24, 2.45) is 5.92 Å². The minimum atomic E-state index is -0.841. The summed E-state index contributed by atoms with van der Waals surface area (Å²) in [5.74, 6) is -0.0147. The quantitative estimate of drug-likeness (QED) is 0.816. The van der Waals surface area contributed by atoms with Gasteiger partial charge in [-0.1, -0.05) is 19.9 Å². The van der Waals surface area contributed by atoms with Gasteiger partial charge in [-0.25, -0.2) is 4.39 Å². The van der Waals surface area contributed by atoms with Gasteiger partial charge in [0.15, 0.2) is 0 Å². The standard InChI is InChI=1S/C20H30FN3O2/c1-14(2)12-18(25)24-10-8-20(9-11-24,19(26)22-15(3)4)23-17-7-5-6-16(21)13-17/h5-7,13-15,23H,8-12H2,1-4H3,(H,22,26). The summed E-state index contributed by atoms with van der Waals surface area (Å²) in [7, 11) is 0. The lowest BCUT2D eigenvalue weighted by atomic mass is 9.85. The average molecular weight is 363 g/mol. The van der Waals surface area contributed by atoms with Crippen molar-refractivity contribution in [1.29, 1.82) is 0 Å². The number of anilines is 1. The van der Waals surface area contributed by atoms with E-state index < -0.39 is 5.54 Å². The summed E-state index contributed by atoms with van der Waals surface area (Å²) in [5.41, 5.74) is -0.266. The van der Waals surface area contributed by atoms with Crippen molar-refractivity contribution in [2.75, 3.05) is 18.4 Å². The molecule has 2 rings (SSSR count). The number of nitrogens with zero attached hydrogens (tertiary/aromatic N) is 1. The zero-order chi connectivity index (χ0) is 19.3. The van der Waals surface area contributed by atoms with E-state index in [1.807, 2.05) is 32.6 Å². The van der Waals surface area contributed by atoms with E-state index in [0.29, 0.717) is 44.0 Å². The van der Waals surface area contributed by atoms with E-state index in [2.05, 4.69) is 10.6 Å². The SMILES string of the molecule is CC(C)CC(=O)N1CCC(Nc2cccc(F)c2)(C(=O)NC(C)C)CC1. The van der Waals surface area contributed by atoms with Gasteiger partial charge in [0.05, 0.1) is 0 Å². The average Bonchev–Trinajstić information content (AvgIpc) is 2.54. The normalized spacial score (nSPS) is 16.7. The molecule has 2 N–H and O–H groups in total. The number of amides is 2. The molecule has 1 aliphatic heterocycles. The number of halogens is 1. The van der Waals surface area contributed by atoms with E-state index in [-0.39, 0.29) is 23.7 Å². The fourth-order valence-electron chi connectivity index (χ4n) is 3.27. The molecule has 6 heteroatoms. The van der Waals surface area contributed by atoms with Crippen molar-refractivity contribution in [3.63, 3.8) is 0 Å². The Morgan fingerprint density at radius 2 is 1.85 bits per heavy atom. The monoisotopic (exact) mass is 363 g/mol. The molecule has 0 bridgehead atoms. The molecule has 2 amide bonds. The molecule has 1 saturated heterocycles. The van der Waals surface area contributed by atoms with Crippen LogP contribution < -0.4 is 10.6 Å². The lowest BCUT2D eigenvalue weighted by molar-refractivity contribution is -0.136. The lowest BCUT2D eigenvalue weighted by Gasteiger charge is -2.42. The largest absolute Gasteiger partial charge is 0.371 e. The molecule has 1 aliphatic rings. The predicted octanol–water partition coefficient (Wildman–Crippen LogP) is 3.17. The van der Waals surface area contributed by atoms with Crippen molar-refractivity contribution in [1.82, 2.24) is 10.2 Å². The summed E-state index contributed by atoms with van der Waals surface area (Å²) in [5, 5.41) is 6.22. The molecule has 0 unspecified atom stereocenters. The highest BCUT2D eigenvalue weighted by atomic mass is 19.1. The second kappa shape index (κ2) is 8.52. The van der Waals surface area contributed by atoms with Crippen LogP contribution in [0, 0.1) is 11.7 Å².